The zero-order valence-corrected chi connectivity index (χ0v) is 11.6. The molecule has 18 heavy (non-hydrogen) atoms. The number of fused-ring (bicyclic) bond motifs is 1. The molecule has 2 heteroatoms. The van der Waals surface area contributed by atoms with Crippen molar-refractivity contribution in [2.45, 2.75) is 51.3 Å². The van der Waals surface area contributed by atoms with Crippen molar-refractivity contribution in [2.24, 2.45) is 5.41 Å². The third-order valence-corrected chi connectivity index (χ3v) is 4.62. The molecule has 2 aliphatic rings. The average molecular weight is 245 g/mol. The van der Waals surface area contributed by atoms with E-state index in [0.717, 1.165) is 12.8 Å². The van der Waals surface area contributed by atoms with E-state index in [-0.39, 0.29) is 0 Å². The summed E-state index contributed by atoms with van der Waals surface area (Å²) < 4.78 is 5.36. The fourth-order valence-electron chi connectivity index (χ4n) is 3.44. The molecule has 3 rings (SSSR count). The molecule has 1 aromatic rings. The third kappa shape index (κ3) is 1.98. The van der Waals surface area contributed by atoms with Crippen LogP contribution in [0.4, 0.5) is 0 Å². The van der Waals surface area contributed by atoms with Gasteiger partial charge in [0, 0.05) is 19.2 Å². The van der Waals surface area contributed by atoms with Crippen LogP contribution in [0, 0.1) is 5.41 Å². The van der Waals surface area contributed by atoms with Crippen LogP contribution in [0.1, 0.15) is 43.9 Å². The summed E-state index contributed by atoms with van der Waals surface area (Å²) in [6.07, 6.45) is 3.97. The second-order valence-electron chi connectivity index (χ2n) is 6.49. The van der Waals surface area contributed by atoms with Gasteiger partial charge in [-0.05, 0) is 35.8 Å². The third-order valence-electron chi connectivity index (χ3n) is 4.62. The van der Waals surface area contributed by atoms with Crippen LogP contribution in [0.3, 0.4) is 0 Å². The smallest absolute Gasteiger partial charge is 0.0601 e. The molecule has 0 bridgehead atoms. The minimum absolute atomic E-state index is 0.321. The summed E-state index contributed by atoms with van der Waals surface area (Å²) in [5.74, 6) is 0. The maximum absolute atomic E-state index is 5.36. The lowest BCUT2D eigenvalue weighted by Crippen LogP contribution is -2.48. The van der Waals surface area contributed by atoms with Gasteiger partial charge >= 0.3 is 0 Å². The van der Waals surface area contributed by atoms with Gasteiger partial charge in [-0.1, -0.05) is 38.1 Å². The molecule has 98 valence electrons. The van der Waals surface area contributed by atoms with E-state index >= 15 is 0 Å². The Morgan fingerprint density at radius 3 is 2.67 bits per heavy atom. The fourth-order valence-corrected chi connectivity index (χ4v) is 3.44. The lowest BCUT2D eigenvalue weighted by Gasteiger charge is -2.40. The van der Waals surface area contributed by atoms with E-state index < -0.39 is 0 Å². The van der Waals surface area contributed by atoms with Gasteiger partial charge in [0.25, 0.3) is 0 Å². The zero-order chi connectivity index (χ0) is 12.8. The number of ether oxygens (including phenoxy) is 1. The average Bonchev–Trinajstić information content (AvgIpc) is 2.53. The van der Waals surface area contributed by atoms with Crippen LogP contribution in [0.5, 0.6) is 0 Å². The Morgan fingerprint density at radius 2 is 1.94 bits per heavy atom. The highest BCUT2D eigenvalue weighted by atomic mass is 16.5. The lowest BCUT2D eigenvalue weighted by molar-refractivity contribution is 0.00938. The van der Waals surface area contributed by atoms with Crippen LogP contribution < -0.4 is 5.32 Å². The van der Waals surface area contributed by atoms with Crippen molar-refractivity contribution in [1.82, 2.24) is 5.32 Å². The molecule has 0 aromatic heterocycles. The Hall–Kier alpha value is -0.860. The molecule has 2 nitrogen and oxygen atoms in total. The maximum atomic E-state index is 5.36. The number of nitrogens with one attached hydrogen (secondary N) is 1. The number of rotatable bonds is 3. The Kier molecular flexibility index (Phi) is 2.95. The van der Waals surface area contributed by atoms with Gasteiger partial charge in [0.2, 0.25) is 0 Å². The Morgan fingerprint density at radius 1 is 1.22 bits per heavy atom. The summed E-state index contributed by atoms with van der Waals surface area (Å²) in [4.78, 5) is 0. The summed E-state index contributed by atoms with van der Waals surface area (Å²) in [5, 5.41) is 3.85. The van der Waals surface area contributed by atoms with Crippen molar-refractivity contribution in [3.63, 3.8) is 0 Å². The molecule has 1 aromatic carbocycles. The maximum Gasteiger partial charge on any atom is 0.0601 e. The molecule has 1 N–H and O–H groups in total. The monoisotopic (exact) mass is 245 g/mol. The van der Waals surface area contributed by atoms with E-state index in [2.05, 4.69) is 43.4 Å². The van der Waals surface area contributed by atoms with Crippen molar-refractivity contribution in [3.05, 3.63) is 35.4 Å². The van der Waals surface area contributed by atoms with Gasteiger partial charge < -0.3 is 10.1 Å². The molecule has 0 aliphatic heterocycles. The molecule has 1 saturated carbocycles. The van der Waals surface area contributed by atoms with Gasteiger partial charge in [0.15, 0.2) is 0 Å². The summed E-state index contributed by atoms with van der Waals surface area (Å²) in [7, 11) is 1.82. The van der Waals surface area contributed by atoms with Gasteiger partial charge in [-0.15, -0.1) is 0 Å². The van der Waals surface area contributed by atoms with Crippen LogP contribution >= 0.6 is 0 Å². The van der Waals surface area contributed by atoms with Gasteiger partial charge in [-0.2, -0.15) is 0 Å². The van der Waals surface area contributed by atoms with Crippen molar-refractivity contribution in [1.29, 1.82) is 0 Å². The van der Waals surface area contributed by atoms with Crippen molar-refractivity contribution < 1.29 is 4.74 Å². The highest BCUT2D eigenvalue weighted by Gasteiger charge is 2.41. The first-order chi connectivity index (χ1) is 8.60. The molecular formula is C16H23NO. The number of methoxy groups -OCH3 is 1. The number of hydrogen-bond acceptors (Lipinski definition) is 2. The second-order valence-corrected chi connectivity index (χ2v) is 6.49. The Balaban J connectivity index is 1.74. The van der Waals surface area contributed by atoms with Crippen LogP contribution in [0.2, 0.25) is 0 Å². The fraction of sp³-hybridized carbons (Fsp3) is 0.625. The zero-order valence-electron chi connectivity index (χ0n) is 11.6. The van der Waals surface area contributed by atoms with Gasteiger partial charge in [-0.3, -0.25) is 0 Å². The molecule has 0 radical (unpaired) electrons. The van der Waals surface area contributed by atoms with E-state index in [0.29, 0.717) is 23.6 Å². The second kappa shape index (κ2) is 4.36. The molecule has 0 spiro atoms. The molecular weight excluding hydrogens is 222 g/mol. The standard InChI is InChI=1S/C16H23NO/c1-16(2)10-11-6-4-5-7-14(11)15(16)17-12-8-13(9-12)18-3/h4-7,12-13,15,17H,8-10H2,1-3H3. The van der Waals surface area contributed by atoms with Crippen molar-refractivity contribution >= 4 is 0 Å². The van der Waals surface area contributed by atoms with Crippen LogP contribution in [-0.2, 0) is 11.2 Å². The first-order valence-electron chi connectivity index (χ1n) is 6.97. The summed E-state index contributed by atoms with van der Waals surface area (Å²) in [6, 6.07) is 10.0. The number of benzene rings is 1. The predicted molar refractivity (Wildman–Crippen MR) is 73.6 cm³/mol. The molecule has 1 fully saturated rings. The highest BCUT2D eigenvalue weighted by Crippen LogP contribution is 2.46. The molecule has 0 amide bonds. The minimum atomic E-state index is 0.321. The quantitative estimate of drug-likeness (QED) is 0.883. The molecule has 1 unspecified atom stereocenters. The van der Waals surface area contributed by atoms with Gasteiger partial charge in [0.1, 0.15) is 0 Å². The van der Waals surface area contributed by atoms with E-state index in [9.17, 15) is 0 Å². The summed E-state index contributed by atoms with van der Waals surface area (Å²) in [5.41, 5.74) is 3.34. The highest BCUT2D eigenvalue weighted by molar-refractivity contribution is 5.37. The van der Waals surface area contributed by atoms with Crippen molar-refractivity contribution in [2.75, 3.05) is 7.11 Å². The molecule has 0 saturated heterocycles. The van der Waals surface area contributed by atoms with Gasteiger partial charge in [0.05, 0.1) is 6.10 Å². The Bertz CT molecular complexity index is 434. The van der Waals surface area contributed by atoms with E-state index in [1.165, 1.54) is 17.5 Å². The van der Waals surface area contributed by atoms with E-state index in [1.54, 1.807) is 0 Å². The predicted octanol–water partition coefficient (Wildman–Crippen LogP) is 3.08. The lowest BCUT2D eigenvalue weighted by atomic mass is 9.82. The summed E-state index contributed by atoms with van der Waals surface area (Å²) >= 11 is 0. The Labute approximate surface area is 110 Å². The summed E-state index contributed by atoms with van der Waals surface area (Å²) in [6.45, 7) is 4.74. The SMILES string of the molecule is COC1CC(NC2c3ccccc3CC2(C)C)C1. The molecule has 2 aliphatic carbocycles. The van der Waals surface area contributed by atoms with E-state index in [1.807, 2.05) is 7.11 Å². The first kappa shape index (κ1) is 12.2. The largest absolute Gasteiger partial charge is 0.381 e. The van der Waals surface area contributed by atoms with Crippen molar-refractivity contribution in [3.8, 4) is 0 Å². The number of hydrogen-bond donors (Lipinski definition) is 1. The van der Waals surface area contributed by atoms with E-state index in [4.69, 9.17) is 4.74 Å². The minimum Gasteiger partial charge on any atom is -0.381 e. The molecule has 0 heterocycles. The normalized spacial score (nSPS) is 32.9. The first-order valence-corrected chi connectivity index (χ1v) is 6.97. The van der Waals surface area contributed by atoms with Gasteiger partial charge in [-0.25, -0.2) is 0 Å². The van der Waals surface area contributed by atoms with Crippen LogP contribution in [0.15, 0.2) is 24.3 Å². The molecule has 1 atom stereocenters. The topological polar surface area (TPSA) is 21.3 Å². The van der Waals surface area contributed by atoms with Crippen LogP contribution in [0.25, 0.3) is 0 Å². The van der Waals surface area contributed by atoms with Crippen LogP contribution in [-0.4, -0.2) is 19.3 Å².